The number of ether oxygens (including phenoxy) is 1. The Bertz CT molecular complexity index is 581. The van der Waals surface area contributed by atoms with Gasteiger partial charge in [-0.15, -0.1) is 10.2 Å². The molecule has 0 fully saturated rings. The van der Waals surface area contributed by atoms with Gasteiger partial charge in [0.1, 0.15) is 10.8 Å². The molecule has 0 spiro atoms. The molecule has 21 heavy (non-hydrogen) atoms. The molecule has 1 aromatic heterocycles. The number of rotatable bonds is 7. The first-order valence-electron chi connectivity index (χ1n) is 6.96. The van der Waals surface area contributed by atoms with Gasteiger partial charge in [0.2, 0.25) is 11.0 Å². The fraction of sp³-hybridized carbons (Fsp3) is 0.400. The predicted octanol–water partition coefficient (Wildman–Crippen LogP) is 3.07. The quantitative estimate of drug-likeness (QED) is 0.854. The molecule has 1 amide bonds. The Hall–Kier alpha value is -1.95. The second-order valence-corrected chi connectivity index (χ2v) is 5.71. The van der Waals surface area contributed by atoms with Gasteiger partial charge in [-0.05, 0) is 30.5 Å². The number of aryl methyl sites for hydroxylation is 2. The van der Waals surface area contributed by atoms with E-state index in [1.165, 1.54) is 11.3 Å². The Morgan fingerprint density at radius 2 is 2.00 bits per heavy atom. The Morgan fingerprint density at radius 1 is 1.24 bits per heavy atom. The summed E-state index contributed by atoms with van der Waals surface area (Å²) in [4.78, 5) is 11.9. The third-order valence-electron chi connectivity index (χ3n) is 2.98. The van der Waals surface area contributed by atoms with Crippen LogP contribution < -0.4 is 10.1 Å². The van der Waals surface area contributed by atoms with Gasteiger partial charge in [-0.3, -0.25) is 4.79 Å². The highest BCUT2D eigenvalue weighted by Gasteiger charge is 2.08. The normalized spacial score (nSPS) is 10.4. The number of hydrogen-bond donors (Lipinski definition) is 1. The van der Waals surface area contributed by atoms with Crippen molar-refractivity contribution >= 4 is 22.4 Å². The van der Waals surface area contributed by atoms with E-state index >= 15 is 0 Å². The van der Waals surface area contributed by atoms with Gasteiger partial charge in [-0.2, -0.15) is 0 Å². The maximum Gasteiger partial charge on any atom is 0.226 e. The second kappa shape index (κ2) is 7.73. The summed E-state index contributed by atoms with van der Waals surface area (Å²) in [7, 11) is 1.64. The van der Waals surface area contributed by atoms with Gasteiger partial charge in [0.25, 0.3) is 0 Å². The Morgan fingerprint density at radius 3 is 2.67 bits per heavy atom. The number of methoxy groups -OCH3 is 1. The van der Waals surface area contributed by atoms with E-state index in [9.17, 15) is 4.79 Å². The van der Waals surface area contributed by atoms with E-state index in [1.54, 1.807) is 7.11 Å². The maximum atomic E-state index is 11.9. The van der Waals surface area contributed by atoms with Gasteiger partial charge >= 0.3 is 0 Å². The molecule has 6 heteroatoms. The van der Waals surface area contributed by atoms with Gasteiger partial charge in [0, 0.05) is 12.8 Å². The molecule has 0 aliphatic heterocycles. The second-order valence-electron chi connectivity index (χ2n) is 4.65. The molecule has 0 atom stereocenters. The van der Waals surface area contributed by atoms with Crippen LogP contribution in [-0.2, 0) is 17.6 Å². The molecule has 112 valence electrons. The van der Waals surface area contributed by atoms with Crippen LogP contribution in [0.4, 0.5) is 5.13 Å². The monoisotopic (exact) mass is 305 g/mol. The average molecular weight is 305 g/mol. The van der Waals surface area contributed by atoms with E-state index in [2.05, 4.69) is 22.4 Å². The van der Waals surface area contributed by atoms with Crippen molar-refractivity contribution in [3.05, 3.63) is 34.8 Å². The topological polar surface area (TPSA) is 64.1 Å². The fourth-order valence-corrected chi connectivity index (χ4v) is 2.71. The van der Waals surface area contributed by atoms with E-state index < -0.39 is 0 Å². The van der Waals surface area contributed by atoms with Crippen molar-refractivity contribution in [2.24, 2.45) is 0 Å². The SMILES string of the molecule is CCCc1nnc(NC(=O)CCc2ccc(OC)cc2)s1. The number of hydrogen-bond acceptors (Lipinski definition) is 5. The Kier molecular flexibility index (Phi) is 5.68. The van der Waals surface area contributed by atoms with Crippen LogP contribution in [0, 0.1) is 0 Å². The number of nitrogens with zero attached hydrogens (tertiary/aromatic N) is 2. The third kappa shape index (κ3) is 4.82. The molecular formula is C15H19N3O2S. The number of amides is 1. The van der Waals surface area contributed by atoms with E-state index in [0.717, 1.165) is 29.2 Å². The molecule has 0 bridgehead atoms. The lowest BCUT2D eigenvalue weighted by molar-refractivity contribution is -0.116. The molecule has 1 N–H and O–H groups in total. The summed E-state index contributed by atoms with van der Waals surface area (Å²) in [6, 6.07) is 7.73. The highest BCUT2D eigenvalue weighted by molar-refractivity contribution is 7.15. The fourth-order valence-electron chi connectivity index (χ4n) is 1.85. The molecule has 0 radical (unpaired) electrons. The number of benzene rings is 1. The van der Waals surface area contributed by atoms with Gasteiger partial charge < -0.3 is 10.1 Å². The highest BCUT2D eigenvalue weighted by Crippen LogP contribution is 2.17. The molecule has 0 aliphatic carbocycles. The zero-order valence-corrected chi connectivity index (χ0v) is 13.1. The molecule has 0 aliphatic rings. The number of aromatic nitrogens is 2. The lowest BCUT2D eigenvalue weighted by Crippen LogP contribution is -2.12. The predicted molar refractivity (Wildman–Crippen MR) is 83.8 cm³/mol. The van der Waals surface area contributed by atoms with Crippen molar-refractivity contribution in [2.75, 3.05) is 12.4 Å². The smallest absolute Gasteiger partial charge is 0.226 e. The van der Waals surface area contributed by atoms with Crippen LogP contribution in [0.2, 0.25) is 0 Å². The maximum absolute atomic E-state index is 11.9. The van der Waals surface area contributed by atoms with Crippen LogP contribution in [0.25, 0.3) is 0 Å². The molecule has 5 nitrogen and oxygen atoms in total. The van der Waals surface area contributed by atoms with Crippen molar-refractivity contribution < 1.29 is 9.53 Å². The van der Waals surface area contributed by atoms with Gasteiger partial charge in [-0.1, -0.05) is 30.4 Å². The van der Waals surface area contributed by atoms with Crippen molar-refractivity contribution in [3.63, 3.8) is 0 Å². The number of carbonyl (C=O) groups excluding carboxylic acids is 1. The molecular weight excluding hydrogens is 286 g/mol. The first kappa shape index (κ1) is 15.4. The molecule has 1 heterocycles. The lowest BCUT2D eigenvalue weighted by atomic mass is 10.1. The van der Waals surface area contributed by atoms with Crippen LogP contribution in [0.1, 0.15) is 30.3 Å². The number of nitrogens with one attached hydrogen (secondary N) is 1. The lowest BCUT2D eigenvalue weighted by Gasteiger charge is -2.03. The molecule has 0 saturated heterocycles. The summed E-state index contributed by atoms with van der Waals surface area (Å²) >= 11 is 1.44. The van der Waals surface area contributed by atoms with Crippen molar-refractivity contribution in [3.8, 4) is 5.75 Å². The summed E-state index contributed by atoms with van der Waals surface area (Å²) < 4.78 is 5.10. The largest absolute Gasteiger partial charge is 0.497 e. The van der Waals surface area contributed by atoms with Gasteiger partial charge in [0.05, 0.1) is 7.11 Å². The van der Waals surface area contributed by atoms with Gasteiger partial charge in [0.15, 0.2) is 0 Å². The third-order valence-corrected chi connectivity index (χ3v) is 3.88. The van der Waals surface area contributed by atoms with E-state index in [0.29, 0.717) is 18.0 Å². The van der Waals surface area contributed by atoms with Crippen molar-refractivity contribution in [1.29, 1.82) is 0 Å². The minimum absolute atomic E-state index is 0.0370. The van der Waals surface area contributed by atoms with Crippen LogP contribution >= 0.6 is 11.3 Å². The van der Waals surface area contributed by atoms with E-state index in [-0.39, 0.29) is 5.91 Å². The molecule has 2 aromatic rings. The number of anilines is 1. The first-order chi connectivity index (χ1) is 10.2. The standard InChI is InChI=1S/C15H19N3O2S/c1-3-4-14-17-18-15(21-14)16-13(19)10-7-11-5-8-12(20-2)9-6-11/h5-6,8-9H,3-4,7,10H2,1-2H3,(H,16,18,19). The minimum atomic E-state index is -0.0370. The van der Waals surface area contributed by atoms with E-state index in [4.69, 9.17) is 4.74 Å². The van der Waals surface area contributed by atoms with Gasteiger partial charge in [-0.25, -0.2) is 0 Å². The summed E-state index contributed by atoms with van der Waals surface area (Å²) in [6.45, 7) is 2.09. The van der Waals surface area contributed by atoms with Crippen LogP contribution in [0.5, 0.6) is 5.75 Å². The highest BCUT2D eigenvalue weighted by atomic mass is 32.1. The summed E-state index contributed by atoms with van der Waals surface area (Å²) in [5, 5.41) is 12.3. The average Bonchev–Trinajstić information content (AvgIpc) is 2.93. The summed E-state index contributed by atoms with van der Waals surface area (Å²) in [5.74, 6) is 0.783. The van der Waals surface area contributed by atoms with Crippen molar-refractivity contribution in [2.45, 2.75) is 32.6 Å². The molecule has 1 aromatic carbocycles. The zero-order chi connectivity index (χ0) is 15.1. The van der Waals surface area contributed by atoms with Crippen LogP contribution in [-0.4, -0.2) is 23.2 Å². The summed E-state index contributed by atoms with van der Waals surface area (Å²) in [6.07, 6.45) is 3.05. The molecule has 0 saturated carbocycles. The minimum Gasteiger partial charge on any atom is -0.497 e. The Labute approximate surface area is 128 Å². The first-order valence-corrected chi connectivity index (χ1v) is 7.78. The molecule has 0 unspecified atom stereocenters. The van der Waals surface area contributed by atoms with Crippen molar-refractivity contribution in [1.82, 2.24) is 10.2 Å². The van der Waals surface area contributed by atoms with E-state index in [1.807, 2.05) is 24.3 Å². The Balaban J connectivity index is 1.80. The number of carbonyl (C=O) groups is 1. The summed E-state index contributed by atoms with van der Waals surface area (Å²) in [5.41, 5.74) is 1.11. The van der Waals surface area contributed by atoms with Crippen LogP contribution in [0.3, 0.4) is 0 Å². The van der Waals surface area contributed by atoms with Crippen LogP contribution in [0.15, 0.2) is 24.3 Å². The zero-order valence-electron chi connectivity index (χ0n) is 12.3. The molecule has 2 rings (SSSR count).